The Morgan fingerprint density at radius 1 is 1.32 bits per heavy atom. The van der Waals surface area contributed by atoms with Gasteiger partial charge < -0.3 is 10.4 Å². The molecule has 1 amide bonds. The molecule has 0 bridgehead atoms. The Morgan fingerprint density at radius 3 is 2.79 bits per heavy atom. The number of hydrogen-bond donors (Lipinski definition) is 2. The Hall–Kier alpha value is -2.20. The van der Waals surface area contributed by atoms with Crippen LogP contribution in [-0.4, -0.2) is 16.0 Å². The molecule has 1 aromatic heterocycles. The van der Waals surface area contributed by atoms with Gasteiger partial charge >= 0.3 is 0 Å². The molecule has 0 atom stereocenters. The second-order valence-corrected chi connectivity index (χ2v) is 4.46. The molecule has 19 heavy (non-hydrogen) atoms. The minimum atomic E-state index is -0.194. The molecule has 2 N–H and O–H groups in total. The topological polar surface area (TPSA) is 62.2 Å². The molecule has 0 aliphatic heterocycles. The number of nitrogens with zero attached hydrogens (tertiary/aromatic N) is 1. The lowest BCUT2D eigenvalue weighted by atomic mass is 10.1. The number of nitrogens with one attached hydrogen (secondary N) is 1. The van der Waals surface area contributed by atoms with Crippen molar-refractivity contribution in [2.24, 2.45) is 0 Å². The minimum absolute atomic E-state index is 0.134. The molecule has 4 nitrogen and oxygen atoms in total. The van der Waals surface area contributed by atoms with E-state index < -0.39 is 0 Å². The molecular formula is C15H16N2O2. The standard InChI is InChI=1S/C15H16N2O2/c1-10-3-4-13(11(2)7-10)15(19)17-14-8-16-6-5-12(14)9-18/h3-8,18H,9H2,1-2H3,(H,17,19). The number of carbonyl (C=O) groups excluding carboxylic acids is 1. The van der Waals surface area contributed by atoms with Gasteiger partial charge in [0, 0.05) is 17.3 Å². The Morgan fingerprint density at radius 2 is 2.11 bits per heavy atom. The highest BCUT2D eigenvalue weighted by molar-refractivity contribution is 6.05. The zero-order chi connectivity index (χ0) is 13.8. The van der Waals surface area contributed by atoms with Crippen LogP contribution < -0.4 is 5.32 Å². The molecule has 0 aliphatic carbocycles. The smallest absolute Gasteiger partial charge is 0.255 e. The number of pyridine rings is 1. The highest BCUT2D eigenvalue weighted by Gasteiger charge is 2.11. The van der Waals surface area contributed by atoms with Crippen molar-refractivity contribution >= 4 is 11.6 Å². The van der Waals surface area contributed by atoms with E-state index in [9.17, 15) is 9.90 Å². The second kappa shape index (κ2) is 5.63. The van der Waals surface area contributed by atoms with Crippen LogP contribution in [0, 0.1) is 13.8 Å². The molecule has 0 saturated carbocycles. The van der Waals surface area contributed by atoms with Crippen LogP contribution in [0.25, 0.3) is 0 Å². The quantitative estimate of drug-likeness (QED) is 0.886. The molecule has 0 unspecified atom stereocenters. The van der Waals surface area contributed by atoms with Gasteiger partial charge in [0.05, 0.1) is 18.5 Å². The summed E-state index contributed by atoms with van der Waals surface area (Å²) in [6.45, 7) is 3.75. The lowest BCUT2D eigenvalue weighted by Gasteiger charge is -2.10. The van der Waals surface area contributed by atoms with Crippen LogP contribution in [0.2, 0.25) is 0 Å². The molecule has 0 saturated heterocycles. The maximum Gasteiger partial charge on any atom is 0.255 e. The summed E-state index contributed by atoms with van der Waals surface area (Å²) < 4.78 is 0. The van der Waals surface area contributed by atoms with Crippen LogP contribution in [0.1, 0.15) is 27.0 Å². The summed E-state index contributed by atoms with van der Waals surface area (Å²) in [6.07, 6.45) is 3.12. The van der Waals surface area contributed by atoms with E-state index in [0.29, 0.717) is 16.8 Å². The van der Waals surface area contributed by atoms with Gasteiger partial charge in [-0.3, -0.25) is 9.78 Å². The van der Waals surface area contributed by atoms with Gasteiger partial charge in [0.2, 0.25) is 0 Å². The van der Waals surface area contributed by atoms with Crippen molar-refractivity contribution in [2.75, 3.05) is 5.32 Å². The highest BCUT2D eigenvalue weighted by atomic mass is 16.3. The monoisotopic (exact) mass is 256 g/mol. The SMILES string of the molecule is Cc1ccc(C(=O)Nc2cnccc2CO)c(C)c1. The molecule has 1 aromatic carbocycles. The predicted molar refractivity (Wildman–Crippen MR) is 74.0 cm³/mol. The predicted octanol–water partition coefficient (Wildman–Crippen LogP) is 2.44. The Kier molecular flexibility index (Phi) is 3.92. The maximum absolute atomic E-state index is 12.2. The average molecular weight is 256 g/mol. The van der Waals surface area contributed by atoms with Crippen molar-refractivity contribution < 1.29 is 9.90 Å². The van der Waals surface area contributed by atoms with Crippen LogP contribution in [-0.2, 0) is 6.61 Å². The molecule has 0 spiro atoms. The van der Waals surface area contributed by atoms with Gasteiger partial charge in [-0.25, -0.2) is 0 Å². The summed E-state index contributed by atoms with van der Waals surface area (Å²) in [5, 5.41) is 12.0. The number of aliphatic hydroxyl groups is 1. The van der Waals surface area contributed by atoms with Gasteiger partial charge in [0.25, 0.3) is 5.91 Å². The van der Waals surface area contributed by atoms with Crippen molar-refractivity contribution in [3.63, 3.8) is 0 Å². The second-order valence-electron chi connectivity index (χ2n) is 4.46. The van der Waals surface area contributed by atoms with Gasteiger partial charge in [-0.1, -0.05) is 17.7 Å². The van der Waals surface area contributed by atoms with E-state index in [2.05, 4.69) is 10.3 Å². The summed E-state index contributed by atoms with van der Waals surface area (Å²) in [7, 11) is 0. The highest BCUT2D eigenvalue weighted by Crippen LogP contribution is 2.16. The van der Waals surface area contributed by atoms with Gasteiger partial charge in [0.1, 0.15) is 0 Å². The Labute approximate surface area is 112 Å². The third kappa shape index (κ3) is 2.98. The van der Waals surface area contributed by atoms with E-state index in [1.807, 2.05) is 26.0 Å². The first-order valence-corrected chi connectivity index (χ1v) is 6.04. The molecule has 0 radical (unpaired) electrons. The number of hydrogen-bond acceptors (Lipinski definition) is 3. The summed E-state index contributed by atoms with van der Waals surface area (Å²) in [4.78, 5) is 16.1. The lowest BCUT2D eigenvalue weighted by molar-refractivity contribution is 0.102. The first kappa shape index (κ1) is 13.2. The third-order valence-corrected chi connectivity index (χ3v) is 2.96. The van der Waals surface area contributed by atoms with E-state index in [4.69, 9.17) is 0 Å². The van der Waals surface area contributed by atoms with Crippen LogP contribution in [0.3, 0.4) is 0 Å². The first-order valence-electron chi connectivity index (χ1n) is 6.04. The van der Waals surface area contributed by atoms with E-state index in [1.54, 1.807) is 18.3 Å². The normalized spacial score (nSPS) is 10.3. The van der Waals surface area contributed by atoms with Gasteiger partial charge in [-0.2, -0.15) is 0 Å². The molecule has 2 rings (SSSR count). The third-order valence-electron chi connectivity index (χ3n) is 2.96. The molecule has 0 aliphatic rings. The van der Waals surface area contributed by atoms with Gasteiger partial charge in [-0.15, -0.1) is 0 Å². The van der Waals surface area contributed by atoms with E-state index in [-0.39, 0.29) is 12.5 Å². The maximum atomic E-state index is 12.2. The molecule has 1 heterocycles. The fraction of sp³-hybridized carbons (Fsp3) is 0.200. The molecular weight excluding hydrogens is 240 g/mol. The largest absolute Gasteiger partial charge is 0.392 e. The van der Waals surface area contributed by atoms with Crippen molar-refractivity contribution in [1.82, 2.24) is 4.98 Å². The molecule has 2 aromatic rings. The van der Waals surface area contributed by atoms with E-state index in [1.165, 1.54) is 6.20 Å². The number of anilines is 1. The Bertz CT molecular complexity index is 609. The molecule has 0 fully saturated rings. The fourth-order valence-electron chi connectivity index (χ4n) is 1.93. The number of amides is 1. The van der Waals surface area contributed by atoms with E-state index >= 15 is 0 Å². The molecule has 98 valence electrons. The van der Waals surface area contributed by atoms with Crippen LogP contribution >= 0.6 is 0 Å². The summed E-state index contributed by atoms with van der Waals surface area (Å²) in [5.74, 6) is -0.194. The average Bonchev–Trinajstić information content (AvgIpc) is 2.39. The van der Waals surface area contributed by atoms with Crippen LogP contribution in [0.4, 0.5) is 5.69 Å². The zero-order valence-corrected chi connectivity index (χ0v) is 11.0. The summed E-state index contributed by atoms with van der Waals surface area (Å²) in [5.41, 5.74) is 3.85. The van der Waals surface area contributed by atoms with Gasteiger partial charge in [-0.05, 0) is 31.5 Å². The minimum Gasteiger partial charge on any atom is -0.392 e. The number of aromatic nitrogens is 1. The van der Waals surface area contributed by atoms with Crippen LogP contribution in [0.5, 0.6) is 0 Å². The van der Waals surface area contributed by atoms with E-state index in [0.717, 1.165) is 11.1 Å². The van der Waals surface area contributed by atoms with Crippen molar-refractivity contribution in [1.29, 1.82) is 0 Å². The Balaban J connectivity index is 2.26. The number of benzene rings is 1. The number of aryl methyl sites for hydroxylation is 2. The number of rotatable bonds is 3. The van der Waals surface area contributed by atoms with Crippen molar-refractivity contribution in [2.45, 2.75) is 20.5 Å². The fourth-order valence-corrected chi connectivity index (χ4v) is 1.93. The van der Waals surface area contributed by atoms with Gasteiger partial charge in [0.15, 0.2) is 0 Å². The van der Waals surface area contributed by atoms with Crippen molar-refractivity contribution in [3.05, 3.63) is 58.9 Å². The summed E-state index contributed by atoms with van der Waals surface area (Å²) in [6, 6.07) is 7.34. The van der Waals surface area contributed by atoms with Crippen molar-refractivity contribution in [3.8, 4) is 0 Å². The number of aliphatic hydroxyl groups excluding tert-OH is 1. The lowest BCUT2D eigenvalue weighted by Crippen LogP contribution is -2.15. The summed E-state index contributed by atoms with van der Waals surface area (Å²) >= 11 is 0. The van der Waals surface area contributed by atoms with Crippen LogP contribution in [0.15, 0.2) is 36.7 Å². The molecule has 4 heteroatoms. The zero-order valence-electron chi connectivity index (χ0n) is 11.0. The number of carbonyl (C=O) groups is 1. The first-order chi connectivity index (χ1) is 9.11.